The number of ether oxygens (including phenoxy) is 4. The maximum atomic E-state index is 6.16. The zero-order valence-electron chi connectivity index (χ0n) is 18.4. The van der Waals surface area contributed by atoms with E-state index in [-0.39, 0.29) is 0 Å². The summed E-state index contributed by atoms with van der Waals surface area (Å²) < 4.78 is 22.8. The average molecular weight is 413 g/mol. The highest BCUT2D eigenvalue weighted by Crippen LogP contribution is 2.40. The number of piperidine rings is 1. The van der Waals surface area contributed by atoms with Crippen LogP contribution in [0.1, 0.15) is 18.4 Å². The third kappa shape index (κ3) is 4.20. The monoisotopic (exact) mass is 412 g/mol. The van der Waals surface area contributed by atoms with Gasteiger partial charge in [-0.15, -0.1) is 0 Å². The van der Waals surface area contributed by atoms with Crippen molar-refractivity contribution in [3.63, 3.8) is 0 Å². The summed E-state index contributed by atoms with van der Waals surface area (Å²) in [4.78, 5) is 4.99. The molecule has 2 aromatic rings. The molecule has 0 saturated carbocycles. The Morgan fingerprint density at radius 2 is 1.53 bits per heavy atom. The van der Waals surface area contributed by atoms with Gasteiger partial charge in [-0.25, -0.2) is 0 Å². The Labute approximate surface area is 179 Å². The van der Waals surface area contributed by atoms with Gasteiger partial charge in [-0.3, -0.25) is 4.90 Å². The molecule has 0 spiro atoms. The minimum atomic E-state index is 0.603. The number of rotatable bonds is 5. The highest BCUT2D eigenvalue weighted by atomic mass is 16.5. The van der Waals surface area contributed by atoms with Crippen molar-refractivity contribution >= 4 is 0 Å². The summed E-state index contributed by atoms with van der Waals surface area (Å²) in [6, 6.07) is 10.9. The van der Waals surface area contributed by atoms with E-state index in [0.717, 1.165) is 54.6 Å². The van der Waals surface area contributed by atoms with Crippen molar-refractivity contribution in [2.24, 2.45) is 0 Å². The predicted octanol–water partition coefficient (Wildman–Crippen LogP) is 3.67. The fourth-order valence-corrected chi connectivity index (χ4v) is 4.51. The van der Waals surface area contributed by atoms with E-state index in [9.17, 15) is 0 Å². The fraction of sp³-hybridized carbons (Fsp3) is 0.500. The van der Waals surface area contributed by atoms with Crippen LogP contribution in [0.3, 0.4) is 0 Å². The van der Waals surface area contributed by atoms with Gasteiger partial charge in [0.25, 0.3) is 0 Å². The molecule has 0 bridgehead atoms. The first kappa shape index (κ1) is 20.8. The van der Waals surface area contributed by atoms with E-state index in [1.807, 2.05) is 18.2 Å². The molecule has 2 aliphatic heterocycles. The maximum absolute atomic E-state index is 6.16. The molecule has 0 radical (unpaired) electrons. The van der Waals surface area contributed by atoms with Crippen LogP contribution in [0.2, 0.25) is 0 Å². The Balaban J connectivity index is 1.67. The summed E-state index contributed by atoms with van der Waals surface area (Å²) in [6.45, 7) is 4.82. The zero-order valence-corrected chi connectivity index (χ0v) is 18.4. The molecule has 2 aromatic carbocycles. The van der Waals surface area contributed by atoms with Gasteiger partial charge in [-0.2, -0.15) is 0 Å². The van der Waals surface area contributed by atoms with Crippen molar-refractivity contribution < 1.29 is 18.9 Å². The van der Waals surface area contributed by atoms with Gasteiger partial charge in [-0.05, 0) is 68.4 Å². The van der Waals surface area contributed by atoms with E-state index in [4.69, 9.17) is 18.9 Å². The van der Waals surface area contributed by atoms with E-state index < -0.39 is 0 Å². The number of likely N-dealkylation sites (tertiary alicyclic amines) is 1. The number of nitrogens with zero attached hydrogens (tertiary/aromatic N) is 2. The Morgan fingerprint density at radius 1 is 0.833 bits per heavy atom. The van der Waals surface area contributed by atoms with E-state index >= 15 is 0 Å². The molecule has 1 saturated heterocycles. The number of hydrogen-bond donors (Lipinski definition) is 0. The third-order valence-electron chi connectivity index (χ3n) is 6.27. The first-order valence-electron chi connectivity index (χ1n) is 10.6. The molecule has 0 atom stereocenters. The van der Waals surface area contributed by atoms with Gasteiger partial charge in [-0.1, -0.05) is 6.07 Å². The Bertz CT molecular complexity index is 878. The van der Waals surface area contributed by atoms with Crippen molar-refractivity contribution in [2.45, 2.75) is 25.4 Å². The molecule has 1 fully saturated rings. The Kier molecular flexibility index (Phi) is 6.35. The van der Waals surface area contributed by atoms with Gasteiger partial charge < -0.3 is 23.8 Å². The molecule has 0 aromatic heterocycles. The molecule has 6 heteroatoms. The topological polar surface area (TPSA) is 43.4 Å². The van der Waals surface area contributed by atoms with Crippen LogP contribution in [-0.2, 0) is 6.54 Å². The molecule has 0 N–H and O–H groups in total. The van der Waals surface area contributed by atoms with Gasteiger partial charge in [0.05, 0.1) is 21.3 Å². The van der Waals surface area contributed by atoms with Crippen molar-refractivity contribution in [1.82, 2.24) is 9.80 Å². The lowest BCUT2D eigenvalue weighted by molar-refractivity contribution is 0.107. The van der Waals surface area contributed by atoms with E-state index in [1.165, 1.54) is 18.4 Å². The Hall–Kier alpha value is -2.44. The molecule has 0 aliphatic carbocycles. The van der Waals surface area contributed by atoms with Gasteiger partial charge in [0.1, 0.15) is 6.61 Å². The number of fused-ring (bicyclic) bond motifs is 1. The van der Waals surface area contributed by atoms with Crippen LogP contribution in [-0.4, -0.2) is 70.5 Å². The minimum absolute atomic E-state index is 0.603. The third-order valence-corrected chi connectivity index (χ3v) is 6.27. The zero-order chi connectivity index (χ0) is 21.1. The number of hydrogen-bond acceptors (Lipinski definition) is 6. The highest BCUT2D eigenvalue weighted by Gasteiger charge is 2.27. The molecular formula is C24H32N2O4. The van der Waals surface area contributed by atoms with E-state index in [1.54, 1.807) is 21.3 Å². The van der Waals surface area contributed by atoms with Gasteiger partial charge in [0, 0.05) is 24.7 Å². The summed E-state index contributed by atoms with van der Waals surface area (Å²) in [6.07, 6.45) is 2.41. The molecular weight excluding hydrogens is 380 g/mol. The molecule has 2 aliphatic rings. The van der Waals surface area contributed by atoms with Crippen molar-refractivity contribution in [1.29, 1.82) is 0 Å². The van der Waals surface area contributed by atoms with Gasteiger partial charge >= 0.3 is 0 Å². The average Bonchev–Trinajstić information content (AvgIpc) is 3.01. The number of methoxy groups -OCH3 is 3. The van der Waals surface area contributed by atoms with Crippen LogP contribution in [0.4, 0.5) is 0 Å². The maximum Gasteiger partial charge on any atom is 0.165 e. The lowest BCUT2D eigenvalue weighted by Gasteiger charge is -2.36. The molecule has 4 rings (SSSR count). The number of benzene rings is 2. The summed E-state index contributed by atoms with van der Waals surface area (Å²) in [5.74, 6) is 3.09. The molecule has 0 unspecified atom stereocenters. The second-order valence-electron chi connectivity index (χ2n) is 8.09. The van der Waals surface area contributed by atoms with Crippen LogP contribution < -0.4 is 18.9 Å². The normalized spacial score (nSPS) is 18.3. The van der Waals surface area contributed by atoms with E-state index in [2.05, 4.69) is 29.0 Å². The second-order valence-corrected chi connectivity index (χ2v) is 8.09. The first-order valence-corrected chi connectivity index (χ1v) is 10.6. The van der Waals surface area contributed by atoms with Crippen LogP contribution >= 0.6 is 0 Å². The first-order chi connectivity index (χ1) is 14.6. The highest BCUT2D eigenvalue weighted by molar-refractivity contribution is 5.71. The standard InChI is InChI=1S/C24H32N2O4/c1-25-9-7-20(8-10-25)26-11-12-30-24-19(16-26)13-18(15-23(24)29-4)17-5-6-21(27-2)22(14-17)28-3/h5-6,13-15,20H,7-12,16H2,1-4H3. The Morgan fingerprint density at radius 3 is 2.23 bits per heavy atom. The van der Waals surface area contributed by atoms with Gasteiger partial charge in [0.2, 0.25) is 0 Å². The molecule has 6 nitrogen and oxygen atoms in total. The van der Waals surface area contributed by atoms with Crippen molar-refractivity contribution in [3.8, 4) is 34.1 Å². The fourth-order valence-electron chi connectivity index (χ4n) is 4.51. The SMILES string of the molecule is COc1ccc(-c2cc3c(c(OC)c2)OCCN(C2CCN(C)CC2)C3)cc1OC. The van der Waals surface area contributed by atoms with Crippen LogP contribution in [0.5, 0.6) is 23.0 Å². The second kappa shape index (κ2) is 9.14. The smallest absolute Gasteiger partial charge is 0.165 e. The molecule has 30 heavy (non-hydrogen) atoms. The lowest BCUT2D eigenvalue weighted by atomic mass is 9.99. The largest absolute Gasteiger partial charge is 0.493 e. The van der Waals surface area contributed by atoms with Crippen molar-refractivity contribution in [2.75, 3.05) is 54.6 Å². The quantitative estimate of drug-likeness (QED) is 0.747. The molecule has 0 amide bonds. The molecule has 2 heterocycles. The minimum Gasteiger partial charge on any atom is -0.493 e. The van der Waals surface area contributed by atoms with E-state index in [0.29, 0.717) is 18.4 Å². The predicted molar refractivity (Wildman–Crippen MR) is 118 cm³/mol. The summed E-state index contributed by atoms with van der Waals surface area (Å²) in [7, 11) is 7.22. The van der Waals surface area contributed by atoms with Crippen molar-refractivity contribution in [3.05, 3.63) is 35.9 Å². The lowest BCUT2D eigenvalue weighted by Crippen LogP contribution is -2.44. The molecule has 162 valence electrons. The van der Waals surface area contributed by atoms with Gasteiger partial charge in [0.15, 0.2) is 23.0 Å². The van der Waals surface area contributed by atoms with Crippen LogP contribution in [0.25, 0.3) is 11.1 Å². The van der Waals surface area contributed by atoms with Crippen LogP contribution in [0.15, 0.2) is 30.3 Å². The summed E-state index contributed by atoms with van der Waals surface area (Å²) in [5, 5.41) is 0. The van der Waals surface area contributed by atoms with Crippen LogP contribution in [0, 0.1) is 0 Å². The summed E-state index contributed by atoms with van der Waals surface area (Å²) in [5.41, 5.74) is 3.32. The summed E-state index contributed by atoms with van der Waals surface area (Å²) >= 11 is 0.